The first-order chi connectivity index (χ1) is 13.6. The lowest BCUT2D eigenvalue weighted by atomic mass is 10.0. The molecule has 2 fully saturated rings. The molecule has 1 aromatic heterocycles. The first kappa shape index (κ1) is 18.7. The third-order valence-electron chi connectivity index (χ3n) is 5.57. The van der Waals surface area contributed by atoms with Crippen molar-refractivity contribution in [3.8, 4) is 0 Å². The summed E-state index contributed by atoms with van der Waals surface area (Å²) >= 11 is 0. The minimum atomic E-state index is 0.0308. The Morgan fingerprint density at radius 1 is 1.07 bits per heavy atom. The highest BCUT2D eigenvalue weighted by Crippen LogP contribution is 2.27. The molecule has 2 aromatic rings. The first-order valence-electron chi connectivity index (χ1n) is 9.90. The summed E-state index contributed by atoms with van der Waals surface area (Å²) in [6.07, 6.45) is 2.66. The van der Waals surface area contributed by atoms with Gasteiger partial charge in [-0.1, -0.05) is 31.2 Å². The number of nitrogens with zero attached hydrogens (tertiary/aromatic N) is 5. The molecule has 0 radical (unpaired) electrons. The number of benzene rings is 1. The molecule has 1 unspecified atom stereocenters. The summed E-state index contributed by atoms with van der Waals surface area (Å²) in [6, 6.07) is 10.7. The maximum atomic E-state index is 12.0. The van der Waals surface area contributed by atoms with E-state index in [1.165, 1.54) is 11.1 Å². The molecule has 1 atom stereocenters. The molecule has 2 aliphatic rings. The van der Waals surface area contributed by atoms with Crippen LogP contribution in [0.15, 0.2) is 36.7 Å². The van der Waals surface area contributed by atoms with Gasteiger partial charge in [0.15, 0.2) is 0 Å². The van der Waals surface area contributed by atoms with Crippen molar-refractivity contribution in [3.05, 3.63) is 47.8 Å². The number of morpholine rings is 1. The average molecular weight is 381 g/mol. The minimum absolute atomic E-state index is 0.0308. The summed E-state index contributed by atoms with van der Waals surface area (Å²) in [5.74, 6) is 1.81. The monoisotopic (exact) mass is 381 g/mol. The molecule has 0 N–H and O–H groups in total. The molecule has 148 valence electrons. The number of hydrogen-bond donors (Lipinski definition) is 0. The van der Waals surface area contributed by atoms with E-state index in [1.807, 2.05) is 18.0 Å². The fourth-order valence-corrected chi connectivity index (χ4v) is 3.66. The van der Waals surface area contributed by atoms with Crippen molar-refractivity contribution in [2.24, 2.45) is 0 Å². The van der Waals surface area contributed by atoms with E-state index in [0.29, 0.717) is 19.7 Å². The smallest absolute Gasteiger partial charge is 0.241 e. The number of carbonyl (C=O) groups is 1. The Kier molecular flexibility index (Phi) is 5.43. The Morgan fingerprint density at radius 3 is 2.54 bits per heavy atom. The summed E-state index contributed by atoms with van der Waals surface area (Å²) in [7, 11) is 1.84. The van der Waals surface area contributed by atoms with E-state index in [0.717, 1.165) is 37.7 Å². The van der Waals surface area contributed by atoms with Crippen LogP contribution >= 0.6 is 0 Å². The fourth-order valence-electron chi connectivity index (χ4n) is 3.66. The average Bonchev–Trinajstić information content (AvgIpc) is 2.76. The number of piperazine rings is 1. The lowest BCUT2D eigenvalue weighted by molar-refractivity contribution is -0.129. The van der Waals surface area contributed by atoms with Gasteiger partial charge in [0, 0.05) is 39.3 Å². The number of aryl methyl sites for hydroxylation is 1. The number of hydrogen-bond acceptors (Lipinski definition) is 6. The van der Waals surface area contributed by atoms with Crippen molar-refractivity contribution in [1.29, 1.82) is 0 Å². The van der Waals surface area contributed by atoms with Gasteiger partial charge >= 0.3 is 0 Å². The van der Waals surface area contributed by atoms with Crippen LogP contribution in [0.25, 0.3) is 0 Å². The molecule has 28 heavy (non-hydrogen) atoms. The Labute approximate surface area is 165 Å². The summed E-state index contributed by atoms with van der Waals surface area (Å²) in [4.78, 5) is 26.9. The summed E-state index contributed by atoms with van der Waals surface area (Å²) in [6.45, 7) is 6.23. The number of ether oxygens (including phenoxy) is 1. The van der Waals surface area contributed by atoms with E-state index >= 15 is 0 Å². The molecule has 4 rings (SSSR count). The lowest BCUT2D eigenvalue weighted by Gasteiger charge is -2.35. The standard InChI is InChI=1S/C21H27N5O2/c1-3-16-4-6-17(7-5-16)18-13-26(10-11-28-18)20-12-19(22-15-23-20)25-9-8-24(2)21(27)14-25/h4-7,12,15,18H,3,8-11,13-14H2,1-2H3. The Hall–Kier alpha value is -2.67. The largest absolute Gasteiger partial charge is 0.370 e. The lowest BCUT2D eigenvalue weighted by Crippen LogP contribution is -2.49. The summed E-state index contributed by atoms with van der Waals surface area (Å²) in [5.41, 5.74) is 2.53. The van der Waals surface area contributed by atoms with Gasteiger partial charge in [0.05, 0.1) is 13.2 Å². The zero-order valence-corrected chi connectivity index (χ0v) is 16.5. The molecule has 0 saturated carbocycles. The number of likely N-dealkylation sites (N-methyl/N-ethyl adjacent to an activating group) is 1. The van der Waals surface area contributed by atoms with Gasteiger partial charge in [-0.3, -0.25) is 4.79 Å². The maximum absolute atomic E-state index is 12.0. The van der Waals surface area contributed by atoms with Crippen LogP contribution in [-0.4, -0.2) is 67.2 Å². The second-order valence-electron chi connectivity index (χ2n) is 7.37. The van der Waals surface area contributed by atoms with Gasteiger partial charge in [-0.25, -0.2) is 9.97 Å². The molecule has 3 heterocycles. The van der Waals surface area contributed by atoms with Crippen molar-refractivity contribution >= 4 is 17.5 Å². The predicted molar refractivity (Wildman–Crippen MR) is 109 cm³/mol. The minimum Gasteiger partial charge on any atom is -0.370 e. The Bertz CT molecular complexity index is 826. The van der Waals surface area contributed by atoms with Crippen LogP contribution in [0, 0.1) is 0 Å². The Morgan fingerprint density at radius 2 is 1.82 bits per heavy atom. The van der Waals surface area contributed by atoms with Crippen molar-refractivity contribution in [3.63, 3.8) is 0 Å². The van der Waals surface area contributed by atoms with E-state index in [1.54, 1.807) is 11.2 Å². The number of aromatic nitrogens is 2. The zero-order chi connectivity index (χ0) is 19.5. The molecule has 0 spiro atoms. The normalized spacial score (nSPS) is 20.6. The van der Waals surface area contributed by atoms with Gasteiger partial charge in [-0.2, -0.15) is 0 Å². The van der Waals surface area contributed by atoms with Crippen LogP contribution in [0.2, 0.25) is 0 Å². The molecule has 1 aromatic carbocycles. The number of anilines is 2. The molecule has 2 saturated heterocycles. The zero-order valence-electron chi connectivity index (χ0n) is 16.5. The van der Waals surface area contributed by atoms with Crippen LogP contribution in [0.3, 0.4) is 0 Å². The van der Waals surface area contributed by atoms with Crippen molar-refractivity contribution in [2.45, 2.75) is 19.4 Å². The third kappa shape index (κ3) is 3.94. The quantitative estimate of drug-likeness (QED) is 0.806. The van der Waals surface area contributed by atoms with E-state index in [-0.39, 0.29) is 12.0 Å². The van der Waals surface area contributed by atoms with Gasteiger partial charge in [0.25, 0.3) is 0 Å². The van der Waals surface area contributed by atoms with Crippen molar-refractivity contribution in [2.75, 3.05) is 56.2 Å². The molecule has 0 bridgehead atoms. The Balaban J connectivity index is 1.48. The molecule has 0 aliphatic carbocycles. The molecule has 7 heteroatoms. The molecule has 7 nitrogen and oxygen atoms in total. The van der Waals surface area contributed by atoms with Gasteiger partial charge in [0.1, 0.15) is 24.1 Å². The first-order valence-corrected chi connectivity index (χ1v) is 9.90. The van der Waals surface area contributed by atoms with Gasteiger partial charge < -0.3 is 19.4 Å². The van der Waals surface area contributed by atoms with Crippen molar-refractivity contribution < 1.29 is 9.53 Å². The predicted octanol–water partition coefficient (Wildman–Crippen LogP) is 1.90. The summed E-state index contributed by atoms with van der Waals surface area (Å²) in [5, 5.41) is 0. The highest BCUT2D eigenvalue weighted by Gasteiger charge is 2.25. The molecule has 1 amide bonds. The SMILES string of the molecule is CCc1ccc(C2CN(c3cc(N4CCN(C)C(=O)C4)ncn3)CCO2)cc1. The van der Waals surface area contributed by atoms with Crippen LogP contribution in [0.4, 0.5) is 11.6 Å². The van der Waals surface area contributed by atoms with Crippen molar-refractivity contribution in [1.82, 2.24) is 14.9 Å². The van der Waals surface area contributed by atoms with Crippen LogP contribution in [-0.2, 0) is 16.0 Å². The van der Waals surface area contributed by atoms with Crippen LogP contribution < -0.4 is 9.80 Å². The summed E-state index contributed by atoms with van der Waals surface area (Å²) < 4.78 is 6.02. The fraction of sp³-hybridized carbons (Fsp3) is 0.476. The highest BCUT2D eigenvalue weighted by atomic mass is 16.5. The number of amides is 1. The second-order valence-corrected chi connectivity index (χ2v) is 7.37. The molecular formula is C21H27N5O2. The van der Waals surface area contributed by atoms with E-state index in [4.69, 9.17) is 4.74 Å². The van der Waals surface area contributed by atoms with E-state index in [2.05, 4.69) is 46.1 Å². The van der Waals surface area contributed by atoms with E-state index in [9.17, 15) is 4.79 Å². The topological polar surface area (TPSA) is 61.8 Å². The maximum Gasteiger partial charge on any atom is 0.241 e. The van der Waals surface area contributed by atoms with Gasteiger partial charge in [0.2, 0.25) is 5.91 Å². The van der Waals surface area contributed by atoms with Gasteiger partial charge in [-0.05, 0) is 17.5 Å². The number of rotatable bonds is 4. The third-order valence-corrected chi connectivity index (χ3v) is 5.57. The highest BCUT2D eigenvalue weighted by molar-refractivity contribution is 5.82. The van der Waals surface area contributed by atoms with Crippen LogP contribution in [0.5, 0.6) is 0 Å². The second kappa shape index (κ2) is 8.14. The molecule has 2 aliphatic heterocycles. The number of carbonyl (C=O) groups excluding carboxylic acids is 1. The van der Waals surface area contributed by atoms with E-state index < -0.39 is 0 Å². The van der Waals surface area contributed by atoms with Crippen LogP contribution in [0.1, 0.15) is 24.2 Å². The van der Waals surface area contributed by atoms with Gasteiger partial charge in [-0.15, -0.1) is 0 Å². The molecular weight excluding hydrogens is 354 g/mol.